The summed E-state index contributed by atoms with van der Waals surface area (Å²) >= 11 is 11.8. The Labute approximate surface area is 166 Å². The molecule has 2 aromatic rings. The summed E-state index contributed by atoms with van der Waals surface area (Å²) in [5.74, 6) is 1.42. The highest BCUT2D eigenvalue weighted by Crippen LogP contribution is 2.33. The lowest BCUT2D eigenvalue weighted by molar-refractivity contribution is -0.123. The van der Waals surface area contributed by atoms with Gasteiger partial charge >= 0.3 is 0 Å². The van der Waals surface area contributed by atoms with E-state index in [1.807, 2.05) is 0 Å². The number of benzene rings is 2. The Hall–Kier alpha value is -2.64. The number of hydrogen-bond acceptors (Lipinski definition) is 6. The maximum Gasteiger partial charge on any atom is 0.277 e. The van der Waals surface area contributed by atoms with Crippen molar-refractivity contribution in [2.24, 2.45) is 5.10 Å². The number of hydrogen-bond donors (Lipinski definition) is 1. The Kier molecular flexibility index (Phi) is 7.57. The highest BCUT2D eigenvalue weighted by atomic mass is 35.5. The Morgan fingerprint density at radius 2 is 1.67 bits per heavy atom. The van der Waals surface area contributed by atoms with E-state index in [0.717, 1.165) is 0 Å². The molecule has 0 heterocycles. The Balaban J connectivity index is 1.99. The van der Waals surface area contributed by atoms with Crippen molar-refractivity contribution in [3.63, 3.8) is 0 Å². The maximum atomic E-state index is 11.9. The third-order valence-electron chi connectivity index (χ3n) is 3.38. The van der Waals surface area contributed by atoms with Gasteiger partial charge in [0.05, 0.1) is 32.6 Å². The van der Waals surface area contributed by atoms with Crippen LogP contribution in [0.25, 0.3) is 0 Å². The lowest BCUT2D eigenvalue weighted by Crippen LogP contribution is -2.24. The minimum atomic E-state index is -0.461. The minimum absolute atomic E-state index is 0.262. The van der Waals surface area contributed by atoms with E-state index in [1.165, 1.54) is 33.6 Å². The number of ether oxygens (including phenoxy) is 4. The molecule has 0 atom stereocenters. The smallest absolute Gasteiger partial charge is 0.277 e. The second kappa shape index (κ2) is 9.89. The second-order valence-corrected chi connectivity index (χ2v) is 5.95. The van der Waals surface area contributed by atoms with Crippen LogP contribution in [0.1, 0.15) is 5.56 Å². The summed E-state index contributed by atoms with van der Waals surface area (Å²) < 4.78 is 21.1. The van der Waals surface area contributed by atoms with Gasteiger partial charge in [-0.25, -0.2) is 5.43 Å². The molecule has 0 saturated heterocycles. The minimum Gasteiger partial charge on any atom is -0.496 e. The standard InChI is InChI=1S/C18H18Cl2N2O5/c1-24-15-8-17(26-3)16(25-2)6-11(15)9-21-22-18(23)10-27-14-5-4-12(19)7-13(14)20/h4-9H,10H2,1-3H3,(H,22,23)/b21-9+. The van der Waals surface area contributed by atoms with E-state index >= 15 is 0 Å². The van der Waals surface area contributed by atoms with Crippen LogP contribution < -0.4 is 24.4 Å². The van der Waals surface area contributed by atoms with Crippen molar-refractivity contribution in [1.82, 2.24) is 5.43 Å². The van der Waals surface area contributed by atoms with Crippen LogP contribution in [0.5, 0.6) is 23.0 Å². The Morgan fingerprint density at radius 1 is 1.00 bits per heavy atom. The molecule has 0 saturated carbocycles. The SMILES string of the molecule is COc1cc(OC)c(OC)cc1/C=N/NC(=O)COc1ccc(Cl)cc1Cl. The molecule has 7 nitrogen and oxygen atoms in total. The number of carbonyl (C=O) groups excluding carboxylic acids is 1. The summed E-state index contributed by atoms with van der Waals surface area (Å²) in [4.78, 5) is 11.9. The average Bonchev–Trinajstić information content (AvgIpc) is 2.66. The van der Waals surface area contributed by atoms with E-state index in [1.54, 1.807) is 24.3 Å². The molecule has 0 spiro atoms. The van der Waals surface area contributed by atoms with Crippen LogP contribution >= 0.6 is 23.2 Å². The van der Waals surface area contributed by atoms with Crippen LogP contribution in [0.4, 0.5) is 0 Å². The summed E-state index contributed by atoms with van der Waals surface area (Å²) in [6.45, 7) is -0.262. The van der Waals surface area contributed by atoms with Crippen molar-refractivity contribution in [2.45, 2.75) is 0 Å². The number of halogens is 2. The number of hydrazone groups is 1. The van der Waals surface area contributed by atoms with Crippen molar-refractivity contribution < 1.29 is 23.7 Å². The maximum absolute atomic E-state index is 11.9. The van der Waals surface area contributed by atoms with Crippen LogP contribution in [-0.2, 0) is 4.79 Å². The molecular formula is C18H18Cl2N2O5. The number of nitrogens with zero attached hydrogens (tertiary/aromatic N) is 1. The van der Waals surface area contributed by atoms with E-state index in [4.69, 9.17) is 42.1 Å². The van der Waals surface area contributed by atoms with Crippen LogP contribution in [0.15, 0.2) is 35.4 Å². The fourth-order valence-electron chi connectivity index (χ4n) is 2.10. The van der Waals surface area contributed by atoms with Crippen LogP contribution in [-0.4, -0.2) is 40.1 Å². The van der Waals surface area contributed by atoms with Crippen molar-refractivity contribution in [1.29, 1.82) is 0 Å². The molecule has 0 aliphatic heterocycles. The summed E-state index contributed by atoms with van der Waals surface area (Å²) in [6, 6.07) is 8.06. The van der Waals surface area contributed by atoms with Crippen molar-refractivity contribution in [3.8, 4) is 23.0 Å². The van der Waals surface area contributed by atoms with Gasteiger partial charge in [0.15, 0.2) is 18.1 Å². The second-order valence-electron chi connectivity index (χ2n) is 5.11. The highest BCUT2D eigenvalue weighted by Gasteiger charge is 2.11. The van der Waals surface area contributed by atoms with Gasteiger partial charge < -0.3 is 18.9 Å². The molecule has 0 radical (unpaired) electrons. The molecule has 144 valence electrons. The average molecular weight is 413 g/mol. The van der Waals surface area contributed by atoms with E-state index in [0.29, 0.717) is 38.6 Å². The molecule has 0 aromatic heterocycles. The molecular weight excluding hydrogens is 395 g/mol. The first-order chi connectivity index (χ1) is 13.0. The van der Waals surface area contributed by atoms with Gasteiger partial charge in [-0.3, -0.25) is 4.79 Å². The first kappa shape index (κ1) is 20.7. The molecule has 27 heavy (non-hydrogen) atoms. The van der Waals surface area contributed by atoms with Gasteiger partial charge in [-0.1, -0.05) is 23.2 Å². The quantitative estimate of drug-likeness (QED) is 0.529. The van der Waals surface area contributed by atoms with Crippen molar-refractivity contribution in [2.75, 3.05) is 27.9 Å². The summed E-state index contributed by atoms with van der Waals surface area (Å²) in [5, 5.41) is 4.69. The number of methoxy groups -OCH3 is 3. The summed E-state index contributed by atoms with van der Waals surface area (Å²) in [6.07, 6.45) is 1.42. The Bertz CT molecular complexity index is 843. The molecule has 0 aliphatic carbocycles. The van der Waals surface area contributed by atoms with Crippen LogP contribution in [0.2, 0.25) is 10.0 Å². The third kappa shape index (κ3) is 5.67. The molecule has 9 heteroatoms. The van der Waals surface area contributed by atoms with Crippen molar-refractivity contribution >= 4 is 35.3 Å². The molecule has 2 rings (SSSR count). The van der Waals surface area contributed by atoms with Gasteiger partial charge in [-0.2, -0.15) is 5.10 Å². The predicted octanol–water partition coefficient (Wildman–Crippen LogP) is 3.55. The third-order valence-corrected chi connectivity index (χ3v) is 3.91. The molecule has 0 aliphatic rings. The topological polar surface area (TPSA) is 78.4 Å². The zero-order valence-corrected chi connectivity index (χ0v) is 16.4. The fraction of sp³-hybridized carbons (Fsp3) is 0.222. The van der Waals surface area contributed by atoms with Crippen LogP contribution in [0.3, 0.4) is 0 Å². The van der Waals surface area contributed by atoms with E-state index in [2.05, 4.69) is 10.5 Å². The van der Waals surface area contributed by atoms with Gasteiger partial charge in [-0.15, -0.1) is 0 Å². The molecule has 1 amide bonds. The lowest BCUT2D eigenvalue weighted by atomic mass is 10.2. The normalized spacial score (nSPS) is 10.6. The molecule has 2 aromatic carbocycles. The first-order valence-electron chi connectivity index (χ1n) is 7.68. The molecule has 0 fully saturated rings. The Morgan fingerprint density at radius 3 is 2.30 bits per heavy atom. The molecule has 1 N–H and O–H groups in total. The molecule has 0 bridgehead atoms. The predicted molar refractivity (Wildman–Crippen MR) is 104 cm³/mol. The van der Waals surface area contributed by atoms with E-state index in [9.17, 15) is 4.79 Å². The zero-order chi connectivity index (χ0) is 19.8. The number of amides is 1. The van der Waals surface area contributed by atoms with E-state index in [-0.39, 0.29) is 6.61 Å². The van der Waals surface area contributed by atoms with Gasteiger partial charge in [-0.05, 0) is 24.3 Å². The molecule has 0 unspecified atom stereocenters. The largest absolute Gasteiger partial charge is 0.496 e. The highest BCUT2D eigenvalue weighted by molar-refractivity contribution is 6.35. The number of carbonyl (C=O) groups is 1. The van der Waals surface area contributed by atoms with Gasteiger partial charge in [0.1, 0.15) is 11.5 Å². The number of nitrogens with one attached hydrogen (secondary N) is 1. The van der Waals surface area contributed by atoms with Crippen LogP contribution in [0, 0.1) is 0 Å². The van der Waals surface area contributed by atoms with E-state index < -0.39 is 5.91 Å². The first-order valence-corrected chi connectivity index (χ1v) is 8.43. The van der Waals surface area contributed by atoms with Crippen molar-refractivity contribution in [3.05, 3.63) is 45.9 Å². The lowest BCUT2D eigenvalue weighted by Gasteiger charge is -2.11. The van der Waals surface area contributed by atoms with Gasteiger partial charge in [0, 0.05) is 16.7 Å². The summed E-state index contributed by atoms with van der Waals surface area (Å²) in [7, 11) is 4.56. The summed E-state index contributed by atoms with van der Waals surface area (Å²) in [5.41, 5.74) is 2.95. The van der Waals surface area contributed by atoms with Gasteiger partial charge in [0.25, 0.3) is 5.91 Å². The zero-order valence-electron chi connectivity index (χ0n) is 14.9. The number of rotatable bonds is 8. The van der Waals surface area contributed by atoms with Gasteiger partial charge in [0.2, 0.25) is 0 Å². The fourth-order valence-corrected chi connectivity index (χ4v) is 2.56. The monoisotopic (exact) mass is 412 g/mol.